The van der Waals surface area contributed by atoms with Crippen LogP contribution in [0.1, 0.15) is 18.4 Å². The molecular weight excluding hydrogens is 215 g/mol. The van der Waals surface area contributed by atoms with E-state index in [1.807, 2.05) is 6.07 Å². The van der Waals surface area contributed by atoms with Crippen LogP contribution in [0.2, 0.25) is 0 Å². The van der Waals surface area contributed by atoms with Crippen molar-refractivity contribution in [2.24, 2.45) is 0 Å². The zero-order chi connectivity index (χ0) is 11.5. The maximum atomic E-state index is 11.5. The van der Waals surface area contributed by atoms with Gasteiger partial charge in [-0.15, -0.1) is 0 Å². The molecule has 0 fully saturated rings. The molecule has 0 saturated heterocycles. The third kappa shape index (κ3) is 3.96. The molecule has 0 aliphatic carbocycles. The number of carbonyl (C=O) groups is 1. The van der Waals surface area contributed by atoms with E-state index in [4.69, 9.17) is 9.79 Å². The van der Waals surface area contributed by atoms with E-state index in [1.54, 1.807) is 31.2 Å². The fourth-order valence-electron chi connectivity index (χ4n) is 1.27. The smallest absolute Gasteiger partial charge is 0.324 e. The lowest BCUT2D eigenvalue weighted by atomic mass is 9.98. The first kappa shape index (κ1) is 12.1. The Kier molecular flexibility index (Phi) is 3.80. The number of carbonyl (C=O) groups excluding carboxylic acids is 1. The molecule has 0 aliphatic rings. The quantitative estimate of drug-likeness (QED) is 0.766. The van der Waals surface area contributed by atoms with Gasteiger partial charge in [0.25, 0.3) is 0 Å². The van der Waals surface area contributed by atoms with Crippen LogP contribution in [0.3, 0.4) is 0 Å². The summed E-state index contributed by atoms with van der Waals surface area (Å²) in [4.78, 5) is 28.8. The molecule has 1 aromatic rings. The molecule has 1 unspecified atom stereocenters. The molecule has 82 valence electrons. The molecule has 2 N–H and O–H groups in total. The molecule has 0 radical (unpaired) electrons. The summed E-state index contributed by atoms with van der Waals surface area (Å²) in [5.74, 6) is -0.909. The summed E-state index contributed by atoms with van der Waals surface area (Å²) in [5, 5.41) is 0. The highest BCUT2D eigenvalue weighted by atomic mass is 31.2. The number of ketones is 1. The minimum atomic E-state index is -4.25. The lowest BCUT2D eigenvalue weighted by Crippen LogP contribution is -2.13. The second kappa shape index (κ2) is 4.71. The van der Waals surface area contributed by atoms with Gasteiger partial charge < -0.3 is 9.79 Å². The molecular formula is C10H13O4P. The lowest BCUT2D eigenvalue weighted by molar-refractivity contribution is -0.117. The van der Waals surface area contributed by atoms with Crippen LogP contribution in [-0.2, 0) is 9.36 Å². The van der Waals surface area contributed by atoms with Crippen molar-refractivity contribution in [3.8, 4) is 0 Å². The van der Waals surface area contributed by atoms with E-state index in [-0.39, 0.29) is 0 Å². The standard InChI is InChI=1S/C10H13O4P/c1-8(9-5-3-2-4-6-9)10(11)7-15(12,13)14/h2-6,8H,7H2,1H3,(H2,12,13,14). The van der Waals surface area contributed by atoms with Crippen molar-refractivity contribution in [2.45, 2.75) is 12.8 Å². The van der Waals surface area contributed by atoms with Crippen molar-refractivity contribution in [1.82, 2.24) is 0 Å². The summed E-state index contributed by atoms with van der Waals surface area (Å²) in [6.45, 7) is 1.65. The minimum absolute atomic E-state index is 0.436. The first-order chi connectivity index (χ1) is 6.90. The van der Waals surface area contributed by atoms with Gasteiger partial charge in [0.05, 0.1) is 0 Å². The number of benzene rings is 1. The van der Waals surface area contributed by atoms with Gasteiger partial charge in [0.1, 0.15) is 6.16 Å². The fraction of sp³-hybridized carbons (Fsp3) is 0.300. The second-order valence-corrected chi connectivity index (χ2v) is 5.07. The van der Waals surface area contributed by atoms with E-state index < -0.39 is 25.5 Å². The topological polar surface area (TPSA) is 74.6 Å². The van der Waals surface area contributed by atoms with Gasteiger partial charge in [0.15, 0.2) is 5.78 Å². The summed E-state index contributed by atoms with van der Waals surface area (Å²) in [7, 11) is -4.25. The van der Waals surface area contributed by atoms with E-state index in [1.165, 1.54) is 0 Å². The van der Waals surface area contributed by atoms with Gasteiger partial charge in [0.2, 0.25) is 0 Å². The molecule has 1 aromatic carbocycles. The number of Topliss-reactive ketones (excluding diaryl/α,β-unsaturated/α-hetero) is 1. The van der Waals surface area contributed by atoms with Crippen LogP contribution in [0.25, 0.3) is 0 Å². The first-order valence-electron chi connectivity index (χ1n) is 4.52. The molecule has 0 amide bonds. The minimum Gasteiger partial charge on any atom is -0.324 e. The van der Waals surface area contributed by atoms with Crippen LogP contribution in [0, 0.1) is 0 Å². The van der Waals surface area contributed by atoms with E-state index in [0.717, 1.165) is 5.56 Å². The van der Waals surface area contributed by atoms with Crippen LogP contribution in [0.4, 0.5) is 0 Å². The maximum Gasteiger partial charge on any atom is 0.332 e. The predicted molar refractivity (Wildman–Crippen MR) is 56.8 cm³/mol. The number of rotatable bonds is 4. The normalized spacial score (nSPS) is 13.5. The van der Waals surface area contributed by atoms with Crippen LogP contribution >= 0.6 is 7.60 Å². The summed E-state index contributed by atoms with van der Waals surface area (Å²) >= 11 is 0. The van der Waals surface area contributed by atoms with Gasteiger partial charge in [-0.1, -0.05) is 37.3 Å². The van der Waals surface area contributed by atoms with Crippen molar-refractivity contribution in [1.29, 1.82) is 0 Å². The third-order valence-corrected chi connectivity index (χ3v) is 2.87. The van der Waals surface area contributed by atoms with Crippen molar-refractivity contribution in [3.05, 3.63) is 35.9 Å². The van der Waals surface area contributed by atoms with Gasteiger partial charge in [-0.2, -0.15) is 0 Å². The van der Waals surface area contributed by atoms with E-state index in [0.29, 0.717) is 0 Å². The molecule has 15 heavy (non-hydrogen) atoms. The molecule has 0 aromatic heterocycles. The largest absolute Gasteiger partial charge is 0.332 e. The average molecular weight is 228 g/mol. The van der Waals surface area contributed by atoms with E-state index >= 15 is 0 Å². The zero-order valence-corrected chi connectivity index (χ0v) is 9.22. The highest BCUT2D eigenvalue weighted by molar-refractivity contribution is 7.52. The van der Waals surface area contributed by atoms with Gasteiger partial charge in [-0.3, -0.25) is 9.36 Å². The molecule has 4 nitrogen and oxygen atoms in total. The average Bonchev–Trinajstić information content (AvgIpc) is 2.15. The van der Waals surface area contributed by atoms with Crippen LogP contribution in [0.15, 0.2) is 30.3 Å². The Labute approximate surface area is 88.1 Å². The maximum absolute atomic E-state index is 11.5. The zero-order valence-electron chi connectivity index (χ0n) is 8.33. The SMILES string of the molecule is CC(C(=O)CP(=O)(O)O)c1ccccc1. The second-order valence-electron chi connectivity index (χ2n) is 3.42. The van der Waals surface area contributed by atoms with Crippen LogP contribution < -0.4 is 0 Å². The Bertz CT molecular complexity index is 382. The van der Waals surface area contributed by atoms with Crippen molar-refractivity contribution >= 4 is 13.4 Å². The molecule has 5 heteroatoms. The van der Waals surface area contributed by atoms with E-state index in [9.17, 15) is 9.36 Å². The molecule has 1 rings (SSSR count). The number of hydrogen-bond donors (Lipinski definition) is 2. The van der Waals surface area contributed by atoms with Crippen molar-refractivity contribution in [3.63, 3.8) is 0 Å². The molecule has 0 bridgehead atoms. The Morgan fingerprint density at radius 1 is 1.33 bits per heavy atom. The van der Waals surface area contributed by atoms with Gasteiger partial charge in [-0.25, -0.2) is 0 Å². The van der Waals surface area contributed by atoms with Crippen molar-refractivity contribution < 1.29 is 19.1 Å². The lowest BCUT2D eigenvalue weighted by Gasteiger charge is -2.11. The predicted octanol–water partition coefficient (Wildman–Crippen LogP) is 1.54. The summed E-state index contributed by atoms with van der Waals surface area (Å²) in [6, 6.07) is 8.93. The third-order valence-electron chi connectivity index (χ3n) is 2.14. The van der Waals surface area contributed by atoms with Gasteiger partial charge >= 0.3 is 7.60 Å². The summed E-state index contributed by atoms with van der Waals surface area (Å²) in [6.07, 6.45) is -0.691. The van der Waals surface area contributed by atoms with Crippen LogP contribution in [0.5, 0.6) is 0 Å². The first-order valence-corrected chi connectivity index (χ1v) is 6.32. The molecule has 0 aliphatic heterocycles. The van der Waals surface area contributed by atoms with E-state index in [2.05, 4.69) is 0 Å². The highest BCUT2D eigenvalue weighted by Gasteiger charge is 2.24. The Morgan fingerprint density at radius 3 is 2.33 bits per heavy atom. The fourth-order valence-corrected chi connectivity index (χ4v) is 1.95. The van der Waals surface area contributed by atoms with Crippen LogP contribution in [-0.4, -0.2) is 21.7 Å². The molecule has 1 atom stereocenters. The Hall–Kier alpha value is -0.960. The number of hydrogen-bond acceptors (Lipinski definition) is 2. The molecule has 0 saturated carbocycles. The Morgan fingerprint density at radius 2 is 1.87 bits per heavy atom. The Balaban J connectivity index is 2.74. The molecule has 0 spiro atoms. The van der Waals surface area contributed by atoms with Gasteiger partial charge in [-0.05, 0) is 5.56 Å². The summed E-state index contributed by atoms with van der Waals surface area (Å²) < 4.78 is 10.7. The van der Waals surface area contributed by atoms with Gasteiger partial charge in [0, 0.05) is 5.92 Å². The van der Waals surface area contributed by atoms with Crippen molar-refractivity contribution in [2.75, 3.05) is 6.16 Å². The monoisotopic (exact) mass is 228 g/mol. The molecule has 0 heterocycles. The summed E-state index contributed by atoms with van der Waals surface area (Å²) in [5.41, 5.74) is 0.774. The highest BCUT2D eigenvalue weighted by Crippen LogP contribution is 2.36.